The molecular formula is C28H28O10. The summed E-state index contributed by atoms with van der Waals surface area (Å²) in [6.07, 6.45) is 2.99. The average Bonchev–Trinajstić information content (AvgIpc) is 3.40. The number of hydrogen-bond donors (Lipinski definition) is 1. The largest absolute Gasteiger partial charge is 0.507 e. The molecule has 1 aromatic heterocycles. The molecule has 0 amide bonds. The summed E-state index contributed by atoms with van der Waals surface area (Å²) >= 11 is 0. The van der Waals surface area contributed by atoms with Crippen molar-refractivity contribution in [3.05, 3.63) is 70.7 Å². The van der Waals surface area contributed by atoms with Crippen molar-refractivity contribution in [1.82, 2.24) is 0 Å². The minimum atomic E-state index is -0.766. The van der Waals surface area contributed by atoms with E-state index >= 15 is 0 Å². The zero-order valence-electron chi connectivity index (χ0n) is 21.7. The fourth-order valence-electron chi connectivity index (χ4n) is 3.99. The lowest BCUT2D eigenvalue weighted by molar-refractivity contribution is -0.119. The van der Waals surface area contributed by atoms with E-state index in [9.17, 15) is 9.90 Å². The summed E-state index contributed by atoms with van der Waals surface area (Å²) in [5.74, 6) is 0.696. The van der Waals surface area contributed by atoms with Crippen molar-refractivity contribution in [2.45, 2.75) is 39.3 Å². The summed E-state index contributed by atoms with van der Waals surface area (Å²) in [6, 6.07) is 9.33. The zero-order chi connectivity index (χ0) is 27.1. The van der Waals surface area contributed by atoms with Crippen LogP contribution in [0.5, 0.6) is 23.0 Å². The highest BCUT2D eigenvalue weighted by molar-refractivity contribution is 5.86. The molecule has 200 valence electrons. The maximum Gasteiger partial charge on any atom is 0.244 e. The van der Waals surface area contributed by atoms with Crippen LogP contribution in [0.2, 0.25) is 0 Å². The van der Waals surface area contributed by atoms with Gasteiger partial charge in [-0.05, 0) is 18.2 Å². The summed E-state index contributed by atoms with van der Waals surface area (Å²) in [4.78, 5) is 12.9. The van der Waals surface area contributed by atoms with Crippen LogP contribution < -0.4 is 19.6 Å². The van der Waals surface area contributed by atoms with Gasteiger partial charge in [0.15, 0.2) is 28.4 Å². The van der Waals surface area contributed by atoms with Gasteiger partial charge in [-0.2, -0.15) is 0 Å². The third-order valence-electron chi connectivity index (χ3n) is 5.68. The Kier molecular flexibility index (Phi) is 6.26. The Morgan fingerprint density at radius 3 is 2.11 bits per heavy atom. The van der Waals surface area contributed by atoms with E-state index < -0.39 is 17.0 Å². The van der Waals surface area contributed by atoms with Crippen molar-refractivity contribution in [2.75, 3.05) is 20.3 Å². The normalized spacial score (nSPS) is 17.0. The second kappa shape index (κ2) is 9.44. The van der Waals surface area contributed by atoms with Gasteiger partial charge in [0.05, 0.1) is 7.11 Å². The fourth-order valence-corrected chi connectivity index (χ4v) is 3.99. The number of ether oxygens (including phenoxy) is 7. The molecule has 2 aliphatic rings. The Hall–Kier alpha value is -4.47. The van der Waals surface area contributed by atoms with Gasteiger partial charge in [-0.15, -0.1) is 0 Å². The molecule has 2 aliphatic heterocycles. The van der Waals surface area contributed by atoms with Crippen molar-refractivity contribution < 1.29 is 42.7 Å². The van der Waals surface area contributed by atoms with E-state index in [1.165, 1.54) is 37.8 Å². The van der Waals surface area contributed by atoms with Crippen molar-refractivity contribution in [1.29, 1.82) is 0 Å². The Morgan fingerprint density at radius 1 is 0.842 bits per heavy atom. The van der Waals surface area contributed by atoms with Gasteiger partial charge in [0.25, 0.3) is 0 Å². The number of rotatable bonds is 8. The molecule has 5 rings (SSSR count). The predicted molar refractivity (Wildman–Crippen MR) is 136 cm³/mol. The van der Waals surface area contributed by atoms with E-state index in [1.807, 2.05) is 0 Å². The minimum Gasteiger partial charge on any atom is -0.507 e. The van der Waals surface area contributed by atoms with E-state index in [0.717, 1.165) is 0 Å². The lowest BCUT2D eigenvalue weighted by Gasteiger charge is -2.18. The highest BCUT2D eigenvalue weighted by Crippen LogP contribution is 2.36. The molecule has 38 heavy (non-hydrogen) atoms. The third kappa shape index (κ3) is 5.29. The Labute approximate surface area is 218 Å². The Bertz CT molecular complexity index is 1500. The van der Waals surface area contributed by atoms with Crippen molar-refractivity contribution in [3.8, 4) is 34.3 Å². The molecule has 10 nitrogen and oxygen atoms in total. The first-order valence-corrected chi connectivity index (χ1v) is 11.9. The molecule has 0 radical (unpaired) electrons. The molecule has 0 atom stereocenters. The van der Waals surface area contributed by atoms with Gasteiger partial charge in [-0.3, -0.25) is 4.79 Å². The van der Waals surface area contributed by atoms with Crippen LogP contribution >= 0.6 is 0 Å². The van der Waals surface area contributed by atoms with Crippen LogP contribution in [0.1, 0.15) is 27.7 Å². The van der Waals surface area contributed by atoms with Gasteiger partial charge in [0.1, 0.15) is 54.0 Å². The molecule has 1 N–H and O–H groups in total. The molecule has 0 aliphatic carbocycles. The van der Waals surface area contributed by atoms with Gasteiger partial charge >= 0.3 is 0 Å². The van der Waals surface area contributed by atoms with Gasteiger partial charge in [0, 0.05) is 51.5 Å². The molecule has 0 fully saturated rings. The SMILES string of the molecule is COc1ccc(-c2cc(=O)c3c(O)cc(OCC4=COC(C)(C)O4)cc3o2)cc1OCC1=COC(C)(C)O1. The molecule has 0 saturated heterocycles. The van der Waals surface area contributed by atoms with E-state index in [0.29, 0.717) is 34.3 Å². The first-order valence-electron chi connectivity index (χ1n) is 11.9. The van der Waals surface area contributed by atoms with Crippen LogP contribution in [0.3, 0.4) is 0 Å². The summed E-state index contributed by atoms with van der Waals surface area (Å²) in [7, 11) is 1.53. The van der Waals surface area contributed by atoms with Crippen LogP contribution in [-0.2, 0) is 18.9 Å². The third-order valence-corrected chi connectivity index (χ3v) is 5.68. The average molecular weight is 525 g/mol. The fraction of sp³-hybridized carbons (Fsp3) is 0.321. The summed E-state index contributed by atoms with van der Waals surface area (Å²) in [6.45, 7) is 7.32. The maximum absolute atomic E-state index is 12.9. The molecule has 0 bridgehead atoms. The lowest BCUT2D eigenvalue weighted by Crippen LogP contribution is -2.21. The van der Waals surface area contributed by atoms with E-state index in [4.69, 9.17) is 37.6 Å². The number of phenols is 1. The second-order valence-electron chi connectivity index (χ2n) is 9.64. The summed E-state index contributed by atoms with van der Waals surface area (Å²) in [5, 5.41) is 10.6. The van der Waals surface area contributed by atoms with E-state index in [-0.39, 0.29) is 35.7 Å². The van der Waals surface area contributed by atoms with Gasteiger partial charge in [-0.1, -0.05) is 0 Å². The van der Waals surface area contributed by atoms with Gasteiger partial charge < -0.3 is 42.7 Å². The maximum atomic E-state index is 12.9. The van der Waals surface area contributed by atoms with Crippen LogP contribution in [0.25, 0.3) is 22.3 Å². The number of hydrogen-bond acceptors (Lipinski definition) is 10. The quantitative estimate of drug-likeness (QED) is 0.423. The first kappa shape index (κ1) is 25.2. The van der Waals surface area contributed by atoms with E-state index in [1.54, 1.807) is 45.9 Å². The lowest BCUT2D eigenvalue weighted by atomic mass is 10.1. The molecule has 3 aromatic rings. The summed E-state index contributed by atoms with van der Waals surface area (Å²) < 4.78 is 45.2. The molecular weight excluding hydrogens is 496 g/mol. The molecule has 0 saturated carbocycles. The van der Waals surface area contributed by atoms with Crippen molar-refractivity contribution in [2.24, 2.45) is 0 Å². The smallest absolute Gasteiger partial charge is 0.244 e. The van der Waals surface area contributed by atoms with Crippen LogP contribution in [0.15, 0.2) is 69.7 Å². The molecule has 2 aromatic carbocycles. The van der Waals surface area contributed by atoms with Crippen LogP contribution in [0, 0.1) is 0 Å². The topological polar surface area (TPSA) is 115 Å². The predicted octanol–water partition coefficient (Wildman–Crippen LogP) is 5.18. The number of benzene rings is 2. The van der Waals surface area contributed by atoms with Gasteiger partial charge in [0.2, 0.25) is 11.6 Å². The Balaban J connectivity index is 1.41. The summed E-state index contributed by atoms with van der Waals surface area (Å²) in [5.41, 5.74) is 0.305. The first-order chi connectivity index (χ1) is 18.0. The standard InChI is InChI=1S/C28H28O10/c1-27(2)34-14-18(37-27)12-32-17-9-20(29)26-21(30)11-23(36-25(26)10-17)16-6-7-22(31-5)24(8-16)33-13-19-15-35-28(3,4)38-19/h6-11,14-15,29H,12-13H2,1-5H3. The molecule has 0 unspecified atom stereocenters. The minimum absolute atomic E-state index is 0.0415. The van der Waals surface area contributed by atoms with Crippen LogP contribution in [0.4, 0.5) is 0 Å². The van der Waals surface area contributed by atoms with Gasteiger partial charge in [-0.25, -0.2) is 0 Å². The number of fused-ring (bicyclic) bond motifs is 1. The monoisotopic (exact) mass is 524 g/mol. The number of aromatic hydroxyl groups is 1. The molecule has 3 heterocycles. The van der Waals surface area contributed by atoms with Crippen molar-refractivity contribution in [3.63, 3.8) is 0 Å². The highest BCUT2D eigenvalue weighted by atomic mass is 16.7. The number of phenolic OH excluding ortho intramolecular Hbond substituents is 1. The second-order valence-corrected chi connectivity index (χ2v) is 9.64. The Morgan fingerprint density at radius 2 is 1.50 bits per heavy atom. The highest BCUT2D eigenvalue weighted by Gasteiger charge is 2.29. The zero-order valence-corrected chi connectivity index (χ0v) is 21.7. The molecule has 0 spiro atoms. The van der Waals surface area contributed by atoms with Crippen molar-refractivity contribution >= 4 is 11.0 Å². The van der Waals surface area contributed by atoms with E-state index in [2.05, 4.69) is 0 Å². The number of methoxy groups -OCH3 is 1. The molecule has 10 heteroatoms. The van der Waals surface area contributed by atoms with Crippen LogP contribution in [-0.4, -0.2) is 37.0 Å².